The summed E-state index contributed by atoms with van der Waals surface area (Å²) in [6, 6.07) is 20.8. The summed E-state index contributed by atoms with van der Waals surface area (Å²) in [4.78, 5) is 28.1. The number of rotatable bonds is 8. The van der Waals surface area contributed by atoms with E-state index in [9.17, 15) is 14.7 Å². The smallest absolute Gasteiger partial charge is 0.300 e. The van der Waals surface area contributed by atoms with Crippen molar-refractivity contribution < 1.29 is 24.2 Å². The van der Waals surface area contributed by atoms with Gasteiger partial charge in [-0.05, 0) is 79.4 Å². The molecule has 3 aromatic carbocycles. The molecule has 1 aliphatic rings. The van der Waals surface area contributed by atoms with Gasteiger partial charge in [0.2, 0.25) is 0 Å². The average molecular weight is 486 g/mol. The van der Waals surface area contributed by atoms with Crippen LogP contribution in [0.15, 0.2) is 78.4 Å². The fraction of sp³-hybridized carbons (Fsp3) is 0.267. The van der Waals surface area contributed by atoms with Gasteiger partial charge in [-0.1, -0.05) is 38.1 Å². The summed E-state index contributed by atoms with van der Waals surface area (Å²) in [6.45, 7) is 9.06. The zero-order valence-electron chi connectivity index (χ0n) is 21.0. The number of amides is 1. The molecule has 0 aliphatic carbocycles. The monoisotopic (exact) mass is 485 g/mol. The number of benzene rings is 3. The van der Waals surface area contributed by atoms with E-state index >= 15 is 0 Å². The highest BCUT2D eigenvalue weighted by Crippen LogP contribution is 2.42. The third-order valence-corrected chi connectivity index (χ3v) is 5.94. The molecule has 6 heteroatoms. The van der Waals surface area contributed by atoms with Crippen molar-refractivity contribution in [2.24, 2.45) is 5.92 Å². The number of anilines is 1. The summed E-state index contributed by atoms with van der Waals surface area (Å²) in [5.74, 6) is 0.101. The van der Waals surface area contributed by atoms with E-state index in [1.807, 2.05) is 56.3 Å². The quantitative estimate of drug-likeness (QED) is 0.239. The Balaban J connectivity index is 1.82. The summed E-state index contributed by atoms with van der Waals surface area (Å²) < 4.78 is 11.3. The Labute approximate surface area is 211 Å². The molecule has 36 heavy (non-hydrogen) atoms. The van der Waals surface area contributed by atoms with Crippen LogP contribution in [0, 0.1) is 12.8 Å². The van der Waals surface area contributed by atoms with Crippen LogP contribution < -0.4 is 14.4 Å². The maximum absolute atomic E-state index is 13.3. The van der Waals surface area contributed by atoms with E-state index in [2.05, 4.69) is 13.8 Å². The van der Waals surface area contributed by atoms with Gasteiger partial charge in [-0.25, -0.2) is 0 Å². The Hall–Kier alpha value is -4.06. The summed E-state index contributed by atoms with van der Waals surface area (Å²) in [5, 5.41) is 11.3. The number of aliphatic hydroxyl groups is 1. The van der Waals surface area contributed by atoms with Crippen molar-refractivity contribution in [2.45, 2.75) is 33.7 Å². The fourth-order valence-corrected chi connectivity index (χ4v) is 4.23. The number of nitrogens with zero attached hydrogens (tertiary/aromatic N) is 1. The van der Waals surface area contributed by atoms with Gasteiger partial charge in [0, 0.05) is 11.3 Å². The van der Waals surface area contributed by atoms with Crippen molar-refractivity contribution >= 4 is 23.1 Å². The van der Waals surface area contributed by atoms with Crippen molar-refractivity contribution in [2.75, 3.05) is 18.1 Å². The Morgan fingerprint density at radius 1 is 0.944 bits per heavy atom. The predicted octanol–water partition coefficient (Wildman–Crippen LogP) is 6.05. The first-order chi connectivity index (χ1) is 17.3. The van der Waals surface area contributed by atoms with Crippen molar-refractivity contribution in [3.05, 3.63) is 95.1 Å². The number of hydrogen-bond donors (Lipinski definition) is 1. The van der Waals surface area contributed by atoms with Crippen molar-refractivity contribution in [3.8, 4) is 11.5 Å². The topological polar surface area (TPSA) is 76.1 Å². The molecule has 0 radical (unpaired) electrons. The number of carbonyl (C=O) groups is 2. The SMILES string of the molecule is CCOc1ccc(/C(O)=C2\C(=O)C(=O)N(c3cccc(C)c3)C2c2ccc(OCC(C)C)cc2)cc1. The number of ketones is 1. The lowest BCUT2D eigenvalue weighted by molar-refractivity contribution is -0.132. The number of Topliss-reactive ketones (excluding diaryl/α,β-unsaturated/α-hetero) is 1. The lowest BCUT2D eigenvalue weighted by Gasteiger charge is -2.26. The Morgan fingerprint density at radius 2 is 1.58 bits per heavy atom. The van der Waals surface area contributed by atoms with Crippen LogP contribution in [-0.2, 0) is 9.59 Å². The molecule has 3 aromatic rings. The largest absolute Gasteiger partial charge is 0.507 e. The van der Waals surface area contributed by atoms with Crippen LogP contribution in [0.1, 0.15) is 43.5 Å². The van der Waals surface area contributed by atoms with Crippen LogP contribution in [0.5, 0.6) is 11.5 Å². The zero-order chi connectivity index (χ0) is 25.8. The van der Waals surface area contributed by atoms with Crippen LogP contribution in [0.25, 0.3) is 5.76 Å². The molecule has 1 unspecified atom stereocenters. The van der Waals surface area contributed by atoms with E-state index in [1.54, 1.807) is 30.3 Å². The molecule has 0 bridgehead atoms. The second-order valence-corrected chi connectivity index (χ2v) is 9.24. The van der Waals surface area contributed by atoms with Gasteiger partial charge >= 0.3 is 0 Å². The van der Waals surface area contributed by atoms with Gasteiger partial charge in [0.05, 0.1) is 24.8 Å². The molecule has 0 saturated carbocycles. The lowest BCUT2D eigenvalue weighted by Crippen LogP contribution is -2.29. The highest BCUT2D eigenvalue weighted by Gasteiger charge is 2.47. The van der Waals surface area contributed by atoms with E-state index in [1.165, 1.54) is 4.90 Å². The molecular formula is C30H31NO5. The minimum Gasteiger partial charge on any atom is -0.507 e. The molecule has 1 N–H and O–H groups in total. The molecule has 1 heterocycles. The summed E-state index contributed by atoms with van der Waals surface area (Å²) in [6.07, 6.45) is 0. The van der Waals surface area contributed by atoms with Gasteiger partial charge in [0.1, 0.15) is 17.3 Å². The number of carbonyl (C=O) groups excluding carboxylic acids is 2. The van der Waals surface area contributed by atoms with Gasteiger partial charge < -0.3 is 14.6 Å². The number of aliphatic hydroxyl groups excluding tert-OH is 1. The third-order valence-electron chi connectivity index (χ3n) is 5.94. The van der Waals surface area contributed by atoms with Gasteiger partial charge in [-0.15, -0.1) is 0 Å². The van der Waals surface area contributed by atoms with Crippen LogP contribution in [-0.4, -0.2) is 30.0 Å². The number of ether oxygens (including phenoxy) is 2. The molecule has 1 amide bonds. The van der Waals surface area contributed by atoms with Crippen molar-refractivity contribution in [1.82, 2.24) is 0 Å². The Kier molecular flexibility index (Phi) is 7.44. The molecule has 1 atom stereocenters. The van der Waals surface area contributed by atoms with Crippen molar-refractivity contribution in [1.29, 1.82) is 0 Å². The second-order valence-electron chi connectivity index (χ2n) is 9.24. The molecule has 1 saturated heterocycles. The van der Waals surface area contributed by atoms with Crippen LogP contribution in [0.2, 0.25) is 0 Å². The molecule has 0 spiro atoms. The van der Waals surface area contributed by atoms with Crippen LogP contribution >= 0.6 is 0 Å². The van der Waals surface area contributed by atoms with Gasteiger partial charge in [-0.3, -0.25) is 14.5 Å². The van der Waals surface area contributed by atoms with Crippen molar-refractivity contribution in [3.63, 3.8) is 0 Å². The third kappa shape index (κ3) is 5.13. The predicted molar refractivity (Wildman–Crippen MR) is 140 cm³/mol. The van der Waals surface area contributed by atoms with E-state index < -0.39 is 17.7 Å². The minimum atomic E-state index is -0.794. The molecule has 6 nitrogen and oxygen atoms in total. The minimum absolute atomic E-state index is 0.0431. The molecule has 0 aromatic heterocycles. The Morgan fingerprint density at radius 3 is 2.19 bits per heavy atom. The number of aryl methyl sites for hydroxylation is 1. The van der Waals surface area contributed by atoms with E-state index in [4.69, 9.17) is 9.47 Å². The van der Waals surface area contributed by atoms with E-state index in [0.717, 1.165) is 5.56 Å². The summed E-state index contributed by atoms with van der Waals surface area (Å²) >= 11 is 0. The first-order valence-electron chi connectivity index (χ1n) is 12.1. The van der Waals surface area contributed by atoms with Gasteiger partial charge in [0.15, 0.2) is 0 Å². The summed E-state index contributed by atoms with van der Waals surface area (Å²) in [5.41, 5.74) is 2.72. The zero-order valence-corrected chi connectivity index (χ0v) is 21.0. The standard InChI is InChI=1S/C30H31NO5/c1-5-35-24-15-11-22(12-16-24)28(32)26-27(21-9-13-25(14-10-21)36-18-19(2)3)31(30(34)29(26)33)23-8-6-7-20(4)17-23/h6-17,19,27,32H,5,18H2,1-4H3/b28-26+. The molecule has 186 valence electrons. The van der Waals surface area contributed by atoms with E-state index in [-0.39, 0.29) is 11.3 Å². The molecular weight excluding hydrogens is 454 g/mol. The second kappa shape index (κ2) is 10.7. The molecule has 1 aliphatic heterocycles. The number of hydrogen-bond acceptors (Lipinski definition) is 5. The van der Waals surface area contributed by atoms with E-state index in [0.29, 0.717) is 47.4 Å². The highest BCUT2D eigenvalue weighted by atomic mass is 16.5. The summed E-state index contributed by atoms with van der Waals surface area (Å²) in [7, 11) is 0. The normalized spacial score (nSPS) is 17.0. The Bertz CT molecular complexity index is 1280. The fourth-order valence-electron chi connectivity index (χ4n) is 4.23. The van der Waals surface area contributed by atoms with Gasteiger partial charge in [-0.2, -0.15) is 0 Å². The van der Waals surface area contributed by atoms with Crippen LogP contribution in [0.4, 0.5) is 5.69 Å². The average Bonchev–Trinajstić information content (AvgIpc) is 3.13. The highest BCUT2D eigenvalue weighted by molar-refractivity contribution is 6.51. The maximum Gasteiger partial charge on any atom is 0.300 e. The molecule has 1 fully saturated rings. The van der Waals surface area contributed by atoms with Gasteiger partial charge in [0.25, 0.3) is 11.7 Å². The van der Waals surface area contributed by atoms with Crippen LogP contribution in [0.3, 0.4) is 0 Å². The molecule has 4 rings (SSSR count). The first kappa shape index (κ1) is 25.0. The lowest BCUT2D eigenvalue weighted by atomic mass is 9.95. The first-order valence-corrected chi connectivity index (χ1v) is 12.1. The maximum atomic E-state index is 13.3.